The van der Waals surface area contributed by atoms with Gasteiger partial charge in [-0.2, -0.15) is 0 Å². The van der Waals surface area contributed by atoms with Crippen LogP contribution in [0.3, 0.4) is 0 Å². The molecule has 4 rings (SSSR count). The van der Waals surface area contributed by atoms with E-state index in [1.54, 1.807) is 23.6 Å². The highest BCUT2D eigenvalue weighted by Crippen LogP contribution is 2.39. The van der Waals surface area contributed by atoms with Gasteiger partial charge in [0.1, 0.15) is 5.82 Å². The van der Waals surface area contributed by atoms with Crippen LogP contribution in [0.5, 0.6) is 5.88 Å². The molecule has 1 amide bonds. The maximum atomic E-state index is 13.2. The number of anilines is 3. The minimum Gasteiger partial charge on any atom is -0.478 e. The summed E-state index contributed by atoms with van der Waals surface area (Å²) in [6, 6.07) is 7.94. The molecule has 0 radical (unpaired) electrons. The highest BCUT2D eigenvalue weighted by molar-refractivity contribution is 14.1. The molecule has 2 aromatic heterocycles. The Kier molecular flexibility index (Phi) is 6.05. The van der Waals surface area contributed by atoms with E-state index in [0.717, 1.165) is 52.0 Å². The number of rotatable bonds is 4. The van der Waals surface area contributed by atoms with E-state index >= 15 is 0 Å². The van der Waals surface area contributed by atoms with E-state index in [0.29, 0.717) is 17.2 Å². The normalized spacial score (nSPS) is 13.3. The summed E-state index contributed by atoms with van der Waals surface area (Å²) in [6.07, 6.45) is 2.29. The SMILES string of the molecule is CC#CC(=O)N(c1ccc2c(n1)c(OC)nn2C)c1cc(C)c(I)cc1N1CCCC1. The van der Waals surface area contributed by atoms with Crippen LogP contribution in [-0.2, 0) is 11.8 Å². The lowest BCUT2D eigenvalue weighted by Gasteiger charge is -2.28. The quantitative estimate of drug-likeness (QED) is 0.375. The number of amides is 1. The second-order valence-corrected chi connectivity index (χ2v) is 8.63. The van der Waals surface area contributed by atoms with Gasteiger partial charge >= 0.3 is 5.91 Å². The van der Waals surface area contributed by atoms with Gasteiger partial charge < -0.3 is 9.64 Å². The molecule has 0 saturated carbocycles. The number of hydrogen-bond donors (Lipinski definition) is 0. The van der Waals surface area contributed by atoms with Gasteiger partial charge in [-0.05, 0) is 85.0 Å². The molecule has 0 unspecified atom stereocenters. The summed E-state index contributed by atoms with van der Waals surface area (Å²) >= 11 is 2.35. The Morgan fingerprint density at radius 1 is 1.26 bits per heavy atom. The lowest BCUT2D eigenvalue weighted by molar-refractivity contribution is -0.112. The first-order valence-electron chi connectivity index (χ1n) is 10.1. The number of halogens is 1. The zero-order valence-electron chi connectivity index (χ0n) is 18.1. The van der Waals surface area contributed by atoms with Crippen molar-refractivity contribution in [2.45, 2.75) is 26.7 Å². The standard InChI is InChI=1S/C23H24IN5O2/c1-5-8-21(30)29(20-10-9-17-22(25-20)23(31-4)26-27(17)3)19-13-15(2)16(24)14-18(19)28-11-6-7-12-28/h9-10,13-14H,6-7,11-12H2,1-4H3. The lowest BCUT2D eigenvalue weighted by Crippen LogP contribution is -2.29. The van der Waals surface area contributed by atoms with E-state index < -0.39 is 0 Å². The Balaban J connectivity index is 1.95. The number of aryl methyl sites for hydroxylation is 2. The van der Waals surface area contributed by atoms with E-state index in [4.69, 9.17) is 9.72 Å². The van der Waals surface area contributed by atoms with Gasteiger partial charge in [0, 0.05) is 23.7 Å². The molecule has 31 heavy (non-hydrogen) atoms. The average Bonchev–Trinajstić information content (AvgIpc) is 3.39. The van der Waals surface area contributed by atoms with Crippen molar-refractivity contribution >= 4 is 56.7 Å². The number of carbonyl (C=O) groups excluding carboxylic acids is 1. The number of nitrogens with zero attached hydrogens (tertiary/aromatic N) is 5. The van der Waals surface area contributed by atoms with Crippen molar-refractivity contribution in [3.63, 3.8) is 0 Å². The average molecular weight is 529 g/mol. The van der Waals surface area contributed by atoms with Crippen LogP contribution in [0.2, 0.25) is 0 Å². The van der Waals surface area contributed by atoms with Gasteiger partial charge in [0.05, 0.1) is 24.0 Å². The largest absolute Gasteiger partial charge is 0.478 e. The molecule has 1 fully saturated rings. The molecule has 0 bridgehead atoms. The third-order valence-electron chi connectivity index (χ3n) is 5.45. The Morgan fingerprint density at radius 3 is 2.68 bits per heavy atom. The molecule has 1 aliphatic heterocycles. The van der Waals surface area contributed by atoms with Gasteiger partial charge in [0.2, 0.25) is 0 Å². The fraction of sp³-hybridized carbons (Fsp3) is 0.348. The molecule has 0 spiro atoms. The number of benzene rings is 1. The minimum absolute atomic E-state index is 0.321. The van der Waals surface area contributed by atoms with Crippen molar-refractivity contribution in [2.75, 3.05) is 30.0 Å². The van der Waals surface area contributed by atoms with E-state index in [1.807, 2.05) is 26.1 Å². The molecule has 0 aliphatic carbocycles. The molecule has 0 atom stereocenters. The molecule has 3 heterocycles. The summed E-state index contributed by atoms with van der Waals surface area (Å²) in [7, 11) is 3.40. The smallest absolute Gasteiger partial charge is 0.308 e. The Bertz CT molecular complexity index is 1220. The van der Waals surface area contributed by atoms with Gasteiger partial charge in [-0.3, -0.25) is 14.4 Å². The van der Waals surface area contributed by atoms with E-state index in [9.17, 15) is 4.79 Å². The summed E-state index contributed by atoms with van der Waals surface area (Å²) in [4.78, 5) is 22.0. The fourth-order valence-corrected chi connectivity index (χ4v) is 4.36. The Hall–Kier alpha value is -2.80. The van der Waals surface area contributed by atoms with Crippen LogP contribution < -0.4 is 14.5 Å². The molecule has 1 aromatic carbocycles. The zero-order chi connectivity index (χ0) is 22.1. The molecule has 1 saturated heterocycles. The molecular formula is C23H24IN5O2. The van der Waals surface area contributed by atoms with Crippen LogP contribution >= 0.6 is 22.6 Å². The predicted molar refractivity (Wildman–Crippen MR) is 131 cm³/mol. The van der Waals surface area contributed by atoms with E-state index in [2.05, 4.69) is 56.6 Å². The number of ether oxygens (including phenoxy) is 1. The van der Waals surface area contributed by atoms with Crippen molar-refractivity contribution in [1.29, 1.82) is 0 Å². The van der Waals surface area contributed by atoms with Gasteiger partial charge in [-0.25, -0.2) is 4.98 Å². The van der Waals surface area contributed by atoms with Crippen LogP contribution in [0.25, 0.3) is 11.0 Å². The number of carbonyl (C=O) groups is 1. The summed E-state index contributed by atoms with van der Waals surface area (Å²) in [6.45, 7) is 5.65. The third-order valence-corrected chi connectivity index (χ3v) is 6.61. The summed E-state index contributed by atoms with van der Waals surface area (Å²) < 4.78 is 8.28. The first kappa shape index (κ1) is 21.4. The second-order valence-electron chi connectivity index (χ2n) is 7.47. The summed E-state index contributed by atoms with van der Waals surface area (Å²) in [5.41, 5.74) is 4.35. The lowest BCUT2D eigenvalue weighted by atomic mass is 10.1. The highest BCUT2D eigenvalue weighted by atomic mass is 127. The summed E-state index contributed by atoms with van der Waals surface area (Å²) in [5.74, 6) is 6.04. The van der Waals surface area contributed by atoms with Crippen molar-refractivity contribution in [3.8, 4) is 17.7 Å². The van der Waals surface area contributed by atoms with Gasteiger partial charge in [0.25, 0.3) is 5.88 Å². The highest BCUT2D eigenvalue weighted by Gasteiger charge is 2.26. The third kappa shape index (κ3) is 3.94. The number of aromatic nitrogens is 3. The van der Waals surface area contributed by atoms with Crippen molar-refractivity contribution in [2.24, 2.45) is 7.05 Å². The van der Waals surface area contributed by atoms with Crippen molar-refractivity contribution < 1.29 is 9.53 Å². The van der Waals surface area contributed by atoms with Gasteiger partial charge in [0.15, 0.2) is 5.52 Å². The van der Waals surface area contributed by atoms with Crippen LogP contribution in [0.4, 0.5) is 17.2 Å². The van der Waals surface area contributed by atoms with Crippen molar-refractivity contribution in [3.05, 3.63) is 33.4 Å². The zero-order valence-corrected chi connectivity index (χ0v) is 20.2. The minimum atomic E-state index is -0.321. The number of pyridine rings is 1. The second kappa shape index (κ2) is 8.75. The molecular weight excluding hydrogens is 505 g/mol. The van der Waals surface area contributed by atoms with E-state index in [1.165, 1.54) is 0 Å². The maximum Gasteiger partial charge on any atom is 0.308 e. The molecule has 7 nitrogen and oxygen atoms in total. The fourth-order valence-electron chi connectivity index (χ4n) is 3.91. The van der Waals surface area contributed by atoms with Gasteiger partial charge in [-0.1, -0.05) is 5.92 Å². The van der Waals surface area contributed by atoms with Gasteiger partial charge in [-0.15, -0.1) is 5.10 Å². The molecule has 0 N–H and O–H groups in total. The molecule has 1 aliphatic rings. The monoisotopic (exact) mass is 529 g/mol. The van der Waals surface area contributed by atoms with Crippen LogP contribution in [0.15, 0.2) is 24.3 Å². The van der Waals surface area contributed by atoms with Crippen LogP contribution in [-0.4, -0.2) is 40.9 Å². The Labute approximate surface area is 195 Å². The predicted octanol–water partition coefficient (Wildman–Crippen LogP) is 4.18. The van der Waals surface area contributed by atoms with Crippen LogP contribution in [0.1, 0.15) is 25.3 Å². The van der Waals surface area contributed by atoms with Crippen LogP contribution in [0, 0.1) is 22.3 Å². The summed E-state index contributed by atoms with van der Waals surface area (Å²) in [5, 5.41) is 4.36. The molecule has 160 valence electrons. The number of fused-ring (bicyclic) bond motifs is 1. The maximum absolute atomic E-state index is 13.2. The number of methoxy groups -OCH3 is 1. The molecule has 8 heteroatoms. The number of hydrogen-bond acceptors (Lipinski definition) is 5. The first-order chi connectivity index (χ1) is 14.9. The first-order valence-corrected chi connectivity index (χ1v) is 11.2. The Morgan fingerprint density at radius 2 is 2.00 bits per heavy atom. The topological polar surface area (TPSA) is 63.5 Å². The van der Waals surface area contributed by atoms with E-state index in [-0.39, 0.29) is 5.91 Å². The van der Waals surface area contributed by atoms with Crippen molar-refractivity contribution in [1.82, 2.24) is 14.8 Å². The molecule has 3 aromatic rings.